The molecule has 114 valence electrons. The molecule has 0 amide bonds. The summed E-state index contributed by atoms with van der Waals surface area (Å²) < 4.78 is 48.0. The molecule has 0 atom stereocenters. The number of sulfone groups is 1. The molecule has 2 N–H and O–H groups in total. The van der Waals surface area contributed by atoms with Crippen LogP contribution in [0.2, 0.25) is 0 Å². The average molecular weight is 320 g/mol. The Morgan fingerprint density at radius 3 is 2.20 bits per heavy atom. The van der Waals surface area contributed by atoms with Crippen molar-refractivity contribution in [2.24, 2.45) is 5.73 Å². The largest absolute Gasteiger partial charge is 0.330 e. The number of hydrogen-bond donors (Lipinski definition) is 1. The summed E-state index contributed by atoms with van der Waals surface area (Å²) in [6, 6.07) is 9.04. The molecular formula is C12H20N2O4S2. The van der Waals surface area contributed by atoms with E-state index < -0.39 is 24.9 Å². The highest BCUT2D eigenvalue weighted by molar-refractivity contribution is 8.06. The van der Waals surface area contributed by atoms with Gasteiger partial charge < -0.3 is 5.73 Å². The first-order valence-corrected chi connectivity index (χ1v) is 9.81. The molecule has 0 bridgehead atoms. The second kappa shape index (κ2) is 7.16. The molecular weight excluding hydrogens is 300 g/mol. The van der Waals surface area contributed by atoms with Gasteiger partial charge in [-0.3, -0.25) is 0 Å². The van der Waals surface area contributed by atoms with E-state index in [0.717, 1.165) is 11.8 Å². The van der Waals surface area contributed by atoms with E-state index in [0.29, 0.717) is 13.0 Å². The van der Waals surface area contributed by atoms with Gasteiger partial charge in [0.05, 0.1) is 0 Å². The van der Waals surface area contributed by atoms with E-state index in [4.69, 9.17) is 5.73 Å². The fourth-order valence-electron chi connectivity index (χ4n) is 1.72. The third-order valence-corrected chi connectivity index (χ3v) is 6.57. The zero-order valence-corrected chi connectivity index (χ0v) is 13.0. The van der Waals surface area contributed by atoms with Crippen LogP contribution in [0, 0.1) is 0 Å². The lowest BCUT2D eigenvalue weighted by molar-refractivity contribution is 0.404. The second-order valence-corrected chi connectivity index (χ2v) is 9.09. The highest BCUT2D eigenvalue weighted by Gasteiger charge is 2.26. The molecule has 0 unspecified atom stereocenters. The molecule has 0 fully saturated rings. The van der Waals surface area contributed by atoms with Gasteiger partial charge in [-0.25, -0.2) is 16.8 Å². The molecule has 0 aliphatic carbocycles. The predicted octanol–water partition coefficient (Wildman–Crippen LogP) is 0.169. The maximum atomic E-state index is 12.2. The maximum absolute atomic E-state index is 12.2. The van der Waals surface area contributed by atoms with E-state index in [1.165, 1.54) is 4.31 Å². The number of rotatable bonds is 8. The minimum atomic E-state index is -3.86. The van der Waals surface area contributed by atoms with Crippen molar-refractivity contribution in [3.8, 4) is 0 Å². The van der Waals surface area contributed by atoms with Gasteiger partial charge in [-0.1, -0.05) is 30.3 Å². The Labute approximate surface area is 120 Å². The number of nitrogens with two attached hydrogens (primary N) is 1. The standard InChI is InChI=1S/C12H20N2O4S2/c1-19(15,16)11-20(17,18)14(9-5-8-13)10-12-6-3-2-4-7-12/h2-4,6-7H,5,8-11,13H2,1H3. The lowest BCUT2D eigenvalue weighted by atomic mass is 10.2. The van der Waals surface area contributed by atoms with Crippen LogP contribution in [-0.2, 0) is 26.4 Å². The van der Waals surface area contributed by atoms with Crippen molar-refractivity contribution in [1.29, 1.82) is 0 Å². The second-order valence-electron chi connectivity index (χ2n) is 4.62. The van der Waals surface area contributed by atoms with E-state index in [-0.39, 0.29) is 13.1 Å². The first kappa shape index (κ1) is 17.1. The summed E-state index contributed by atoms with van der Waals surface area (Å²) in [4.78, 5) is 0. The number of hydrogen-bond acceptors (Lipinski definition) is 5. The fraction of sp³-hybridized carbons (Fsp3) is 0.500. The van der Waals surface area contributed by atoms with Crippen LogP contribution in [0.1, 0.15) is 12.0 Å². The van der Waals surface area contributed by atoms with Crippen molar-refractivity contribution >= 4 is 19.9 Å². The van der Waals surface area contributed by atoms with Gasteiger partial charge in [0.15, 0.2) is 14.9 Å². The normalized spacial score (nSPS) is 12.8. The lowest BCUT2D eigenvalue weighted by Crippen LogP contribution is -2.36. The Kier molecular flexibility index (Phi) is 6.12. The van der Waals surface area contributed by atoms with Gasteiger partial charge in [0, 0.05) is 19.3 Å². The topological polar surface area (TPSA) is 97.5 Å². The molecule has 0 aliphatic heterocycles. The molecule has 8 heteroatoms. The zero-order valence-electron chi connectivity index (χ0n) is 11.4. The Morgan fingerprint density at radius 2 is 1.70 bits per heavy atom. The van der Waals surface area contributed by atoms with Gasteiger partial charge in [-0.15, -0.1) is 0 Å². The SMILES string of the molecule is CS(=O)(=O)CS(=O)(=O)N(CCCN)Cc1ccccc1. The van der Waals surface area contributed by atoms with Crippen LogP contribution in [-0.4, -0.2) is 45.6 Å². The van der Waals surface area contributed by atoms with Crippen LogP contribution >= 0.6 is 0 Å². The van der Waals surface area contributed by atoms with Gasteiger partial charge in [0.2, 0.25) is 10.0 Å². The van der Waals surface area contributed by atoms with Crippen molar-refractivity contribution in [3.63, 3.8) is 0 Å². The smallest absolute Gasteiger partial charge is 0.228 e. The van der Waals surface area contributed by atoms with Crippen molar-refractivity contribution in [1.82, 2.24) is 4.31 Å². The highest BCUT2D eigenvalue weighted by atomic mass is 32.3. The zero-order chi connectivity index (χ0) is 15.2. The maximum Gasteiger partial charge on any atom is 0.228 e. The van der Waals surface area contributed by atoms with Crippen LogP contribution < -0.4 is 5.73 Å². The summed E-state index contributed by atoms with van der Waals surface area (Å²) in [5.74, 6) is 0. The minimum absolute atomic E-state index is 0.151. The summed E-state index contributed by atoms with van der Waals surface area (Å²) >= 11 is 0. The van der Waals surface area contributed by atoms with Crippen LogP contribution in [0.4, 0.5) is 0 Å². The molecule has 0 spiro atoms. The summed E-state index contributed by atoms with van der Waals surface area (Å²) in [6.07, 6.45) is 1.39. The fourth-order valence-corrected chi connectivity index (χ4v) is 5.23. The number of nitrogens with zero attached hydrogens (tertiary/aromatic N) is 1. The quantitative estimate of drug-likeness (QED) is 0.736. The number of benzene rings is 1. The monoisotopic (exact) mass is 320 g/mol. The Bertz CT molecular complexity index is 612. The molecule has 20 heavy (non-hydrogen) atoms. The average Bonchev–Trinajstić information content (AvgIpc) is 2.32. The van der Waals surface area contributed by atoms with E-state index >= 15 is 0 Å². The Hall–Kier alpha value is -0.960. The Morgan fingerprint density at radius 1 is 1.10 bits per heavy atom. The summed E-state index contributed by atoms with van der Waals surface area (Å²) in [5.41, 5.74) is 6.21. The third kappa shape index (κ3) is 6.00. The summed E-state index contributed by atoms with van der Waals surface area (Å²) in [7, 11) is -7.47. The van der Waals surface area contributed by atoms with E-state index in [9.17, 15) is 16.8 Å². The van der Waals surface area contributed by atoms with Gasteiger partial charge in [0.1, 0.15) is 0 Å². The molecule has 1 aromatic carbocycles. The number of sulfonamides is 1. The first-order valence-electron chi connectivity index (χ1n) is 6.14. The molecule has 0 aromatic heterocycles. The molecule has 1 rings (SSSR count). The molecule has 0 radical (unpaired) electrons. The molecule has 1 aromatic rings. The predicted molar refractivity (Wildman–Crippen MR) is 79.2 cm³/mol. The van der Waals surface area contributed by atoms with E-state index in [1.54, 1.807) is 24.3 Å². The van der Waals surface area contributed by atoms with Crippen molar-refractivity contribution in [2.45, 2.75) is 13.0 Å². The van der Waals surface area contributed by atoms with Crippen molar-refractivity contribution in [3.05, 3.63) is 35.9 Å². The van der Waals surface area contributed by atoms with E-state index in [1.807, 2.05) is 6.07 Å². The molecule has 0 heterocycles. The first-order chi connectivity index (χ1) is 9.24. The van der Waals surface area contributed by atoms with Crippen LogP contribution in [0.5, 0.6) is 0 Å². The summed E-state index contributed by atoms with van der Waals surface area (Å²) in [5, 5.41) is -0.878. The summed E-state index contributed by atoms with van der Waals surface area (Å²) in [6.45, 7) is 0.710. The van der Waals surface area contributed by atoms with E-state index in [2.05, 4.69) is 0 Å². The van der Waals surface area contributed by atoms with Crippen LogP contribution in [0.15, 0.2) is 30.3 Å². The lowest BCUT2D eigenvalue weighted by Gasteiger charge is -2.21. The third-order valence-electron chi connectivity index (χ3n) is 2.57. The van der Waals surface area contributed by atoms with Crippen LogP contribution in [0.3, 0.4) is 0 Å². The van der Waals surface area contributed by atoms with Crippen LogP contribution in [0.25, 0.3) is 0 Å². The molecule has 6 nitrogen and oxygen atoms in total. The van der Waals surface area contributed by atoms with Gasteiger partial charge >= 0.3 is 0 Å². The minimum Gasteiger partial charge on any atom is -0.330 e. The molecule has 0 saturated heterocycles. The van der Waals surface area contributed by atoms with Crippen molar-refractivity contribution < 1.29 is 16.8 Å². The molecule has 0 aliphatic rings. The van der Waals surface area contributed by atoms with Crippen molar-refractivity contribution in [2.75, 3.05) is 24.4 Å². The van der Waals surface area contributed by atoms with Gasteiger partial charge in [0.25, 0.3) is 0 Å². The highest BCUT2D eigenvalue weighted by Crippen LogP contribution is 2.12. The Balaban J connectivity index is 2.94. The van der Waals surface area contributed by atoms with Gasteiger partial charge in [-0.2, -0.15) is 4.31 Å². The van der Waals surface area contributed by atoms with Gasteiger partial charge in [-0.05, 0) is 18.5 Å². The molecule has 0 saturated carbocycles.